The molecule has 548 valence electrons. The van der Waals surface area contributed by atoms with Gasteiger partial charge in [0.1, 0.15) is 73.2 Å². The Bertz CT molecular complexity index is 2420. The van der Waals surface area contributed by atoms with E-state index < -0.39 is 124 Å². The zero-order valence-corrected chi connectivity index (χ0v) is 58.0. The third kappa shape index (κ3) is 38.0. The second-order valence-electron chi connectivity index (χ2n) is 24.6. The highest BCUT2D eigenvalue weighted by atomic mass is 16.8. The molecule has 17 unspecified atom stereocenters. The van der Waals surface area contributed by atoms with Crippen LogP contribution in [0.1, 0.15) is 181 Å². The Kier molecular flexibility index (Phi) is 50.6. The van der Waals surface area contributed by atoms with E-state index in [0.29, 0.717) is 12.8 Å². The van der Waals surface area contributed by atoms with Crippen LogP contribution in [0.4, 0.5) is 0 Å². The van der Waals surface area contributed by atoms with E-state index in [0.717, 1.165) is 122 Å². The van der Waals surface area contributed by atoms with E-state index >= 15 is 0 Å². The molecule has 0 aliphatic carbocycles. The van der Waals surface area contributed by atoms with Crippen LogP contribution in [-0.4, -0.2) is 193 Å². The number of nitrogens with one attached hydrogen (secondary N) is 1. The van der Waals surface area contributed by atoms with Crippen molar-refractivity contribution in [3.63, 3.8) is 0 Å². The summed E-state index contributed by atoms with van der Waals surface area (Å²) in [6.07, 6.45) is 57.9. The van der Waals surface area contributed by atoms with Crippen LogP contribution in [0.25, 0.3) is 0 Å². The SMILES string of the molecule is CC/C=C\C/C=C\C/C=C\C/C=C\C/C=C\C/C=C\C/C=C\C/C=C\C/C=C\C/C=C\C/C=C\C/C=C\CCCCCCC(=O)NC(COC1OC(CO)C(OC2OC(CO)C(OC3OC(CO)C(O)C(O)C3O)C(O)C2O)C(O)C1O)C(O)/C=C/CC/C=C/CCCCCCC. The van der Waals surface area contributed by atoms with Crippen LogP contribution < -0.4 is 5.32 Å². The third-order valence-electron chi connectivity index (χ3n) is 16.5. The summed E-state index contributed by atoms with van der Waals surface area (Å²) >= 11 is 0. The van der Waals surface area contributed by atoms with Crippen LogP contribution in [-0.2, 0) is 33.2 Å². The van der Waals surface area contributed by atoms with Crippen LogP contribution in [0.2, 0.25) is 0 Å². The summed E-state index contributed by atoms with van der Waals surface area (Å²) in [5, 5.41) is 120. The number of amides is 1. The van der Waals surface area contributed by atoms with Crippen molar-refractivity contribution in [1.82, 2.24) is 5.32 Å². The Morgan fingerprint density at radius 1 is 0.381 bits per heavy atom. The van der Waals surface area contributed by atoms with Crippen molar-refractivity contribution in [2.75, 3.05) is 26.4 Å². The molecule has 17 atom stereocenters. The Labute approximate surface area is 579 Å². The summed E-state index contributed by atoms with van der Waals surface area (Å²) in [5.41, 5.74) is 0. The topological polar surface area (TPSA) is 307 Å². The van der Waals surface area contributed by atoms with Crippen molar-refractivity contribution in [2.24, 2.45) is 0 Å². The summed E-state index contributed by atoms with van der Waals surface area (Å²) in [7, 11) is 0. The van der Waals surface area contributed by atoms with E-state index in [1.165, 1.54) is 25.7 Å². The summed E-state index contributed by atoms with van der Waals surface area (Å²) in [6, 6.07) is -1.02. The van der Waals surface area contributed by atoms with Crippen LogP contribution in [0.3, 0.4) is 0 Å². The molecule has 3 saturated heterocycles. The minimum absolute atomic E-state index is 0.194. The van der Waals surface area contributed by atoms with Crippen LogP contribution >= 0.6 is 0 Å². The number of ether oxygens (including phenoxy) is 6. The lowest BCUT2D eigenvalue weighted by Crippen LogP contribution is -2.66. The maximum atomic E-state index is 13.4. The van der Waals surface area contributed by atoms with Crippen molar-refractivity contribution >= 4 is 5.91 Å². The Hall–Kier alpha value is -4.85. The first-order chi connectivity index (χ1) is 47.3. The zero-order chi connectivity index (χ0) is 70.4. The lowest BCUT2D eigenvalue weighted by molar-refractivity contribution is -0.379. The fraction of sp³-hybridized carbons (Fsp3) is 0.628. The molecule has 3 rings (SSSR count). The Balaban J connectivity index is 1.35. The summed E-state index contributed by atoms with van der Waals surface area (Å²) in [6.45, 7) is 1.50. The average Bonchev–Trinajstić information content (AvgIpc) is 0.790. The fourth-order valence-corrected chi connectivity index (χ4v) is 10.7. The van der Waals surface area contributed by atoms with Crippen LogP contribution in [0.15, 0.2) is 170 Å². The van der Waals surface area contributed by atoms with E-state index in [1.807, 2.05) is 6.08 Å². The normalized spacial score (nSPS) is 27.9. The summed E-state index contributed by atoms with van der Waals surface area (Å²) < 4.78 is 34.2. The van der Waals surface area contributed by atoms with Gasteiger partial charge in [0.25, 0.3) is 0 Å². The lowest BCUT2D eigenvalue weighted by atomic mass is 9.96. The van der Waals surface area contributed by atoms with Gasteiger partial charge < -0.3 is 89.9 Å². The van der Waals surface area contributed by atoms with Gasteiger partial charge in [0.05, 0.1) is 38.6 Å². The minimum atomic E-state index is -1.99. The molecule has 19 heteroatoms. The molecule has 3 aliphatic rings. The molecule has 0 aromatic heterocycles. The largest absolute Gasteiger partial charge is 0.394 e. The van der Waals surface area contributed by atoms with Crippen molar-refractivity contribution in [3.8, 4) is 0 Å². The van der Waals surface area contributed by atoms with E-state index in [9.17, 15) is 61.0 Å². The first-order valence-corrected chi connectivity index (χ1v) is 35.9. The van der Waals surface area contributed by atoms with E-state index in [-0.39, 0.29) is 18.9 Å². The average molecular weight is 1360 g/mol. The molecule has 3 fully saturated rings. The molecule has 19 nitrogen and oxygen atoms in total. The molecule has 0 saturated carbocycles. The van der Waals surface area contributed by atoms with Gasteiger partial charge in [-0.25, -0.2) is 0 Å². The Morgan fingerprint density at radius 3 is 1.14 bits per heavy atom. The molecule has 3 heterocycles. The predicted octanol–water partition coefficient (Wildman–Crippen LogP) is 10.3. The van der Waals surface area contributed by atoms with E-state index in [2.05, 4.69) is 177 Å². The molecule has 0 aromatic carbocycles. The van der Waals surface area contributed by atoms with Gasteiger partial charge in [-0.3, -0.25) is 4.79 Å². The van der Waals surface area contributed by atoms with Crippen molar-refractivity contribution in [2.45, 2.75) is 285 Å². The number of carbonyl (C=O) groups is 1. The second kappa shape index (κ2) is 56.9. The van der Waals surface area contributed by atoms with Crippen LogP contribution in [0, 0.1) is 0 Å². The number of aliphatic hydroxyl groups excluding tert-OH is 11. The van der Waals surface area contributed by atoms with Gasteiger partial charge in [0, 0.05) is 6.42 Å². The molecule has 0 spiro atoms. The molecule has 0 bridgehead atoms. The molecule has 12 N–H and O–H groups in total. The first kappa shape index (κ1) is 86.4. The molecular formula is C78H123NO18. The molecule has 1 amide bonds. The Morgan fingerprint density at radius 2 is 0.722 bits per heavy atom. The van der Waals surface area contributed by atoms with Crippen LogP contribution in [0.5, 0.6) is 0 Å². The van der Waals surface area contributed by atoms with Crippen molar-refractivity contribution in [3.05, 3.63) is 170 Å². The first-order valence-electron chi connectivity index (χ1n) is 35.9. The summed E-state index contributed by atoms with van der Waals surface area (Å²) in [5.74, 6) is -0.320. The van der Waals surface area contributed by atoms with Gasteiger partial charge in [-0.05, 0) is 122 Å². The molecule has 0 radical (unpaired) electrons. The quantitative estimate of drug-likeness (QED) is 0.0199. The van der Waals surface area contributed by atoms with Gasteiger partial charge in [-0.1, -0.05) is 223 Å². The van der Waals surface area contributed by atoms with Gasteiger partial charge in [0.15, 0.2) is 18.9 Å². The second-order valence-corrected chi connectivity index (χ2v) is 24.6. The number of carbonyl (C=O) groups excluding carboxylic acids is 1. The maximum Gasteiger partial charge on any atom is 0.220 e. The third-order valence-corrected chi connectivity index (χ3v) is 16.5. The smallest absolute Gasteiger partial charge is 0.220 e. The number of hydrogen-bond acceptors (Lipinski definition) is 18. The number of aliphatic hydroxyl groups is 11. The number of hydrogen-bond donors (Lipinski definition) is 12. The van der Waals surface area contributed by atoms with E-state index in [1.54, 1.807) is 6.08 Å². The summed E-state index contributed by atoms with van der Waals surface area (Å²) in [4.78, 5) is 13.4. The molecular weight excluding hydrogens is 1240 g/mol. The van der Waals surface area contributed by atoms with E-state index in [4.69, 9.17) is 28.4 Å². The van der Waals surface area contributed by atoms with Crippen molar-refractivity contribution in [1.29, 1.82) is 0 Å². The number of rotatable bonds is 52. The number of unbranched alkanes of at least 4 members (excludes halogenated alkanes) is 10. The lowest BCUT2D eigenvalue weighted by Gasteiger charge is -2.48. The highest BCUT2D eigenvalue weighted by Crippen LogP contribution is 2.33. The monoisotopic (exact) mass is 1360 g/mol. The van der Waals surface area contributed by atoms with Gasteiger partial charge in [0.2, 0.25) is 5.91 Å². The van der Waals surface area contributed by atoms with Gasteiger partial charge in [-0.2, -0.15) is 0 Å². The molecule has 97 heavy (non-hydrogen) atoms. The highest BCUT2D eigenvalue weighted by molar-refractivity contribution is 5.76. The number of allylic oxidation sites excluding steroid dienone is 27. The fourth-order valence-electron chi connectivity index (χ4n) is 10.7. The van der Waals surface area contributed by atoms with Crippen molar-refractivity contribution < 1.29 is 89.4 Å². The molecule has 3 aliphatic heterocycles. The molecule has 0 aromatic rings. The predicted molar refractivity (Wildman–Crippen MR) is 382 cm³/mol. The minimum Gasteiger partial charge on any atom is -0.394 e. The van der Waals surface area contributed by atoms with Gasteiger partial charge in [-0.15, -0.1) is 0 Å². The highest BCUT2D eigenvalue weighted by Gasteiger charge is 2.53. The van der Waals surface area contributed by atoms with Gasteiger partial charge >= 0.3 is 0 Å². The standard InChI is InChI=1S/C78H123NO18/c1-3-5-7-9-11-13-15-16-17-18-19-20-21-22-23-24-25-26-27-28-29-30-31-32-33-34-35-36-37-38-39-40-41-42-43-44-46-48-50-52-54-56-66(84)79-61(62(83)55-53-51-49-47-45-14-12-10-8-6-4-2)60-92-76-72(90)69(87)74(64(58-81)94-76)97-78-73(91)70(88)75(65(59-82)95-78)96-77-71(89)68(86)67(85)63(57-80)93-77/h5,7,11,13,16-17,19-20,22-23,25-26,28-29,31-32,34-35,37-38,40-41,43-45,47,53,55,61-65,67-78,80-83,85-91H,3-4,6,8-10,12,14-15,18,21,24,27,30,33,36,39,42,46,48-52,54,56-60H2,1-2H3,(H,79,84)/b7-5-,13-11-,17-16-,20-19-,23-22-,26-25-,29-28-,32-31-,35-34-,38-37-,41-40-,44-43-,47-45+,55-53+. The zero-order valence-electron chi connectivity index (χ0n) is 58.0. The maximum absolute atomic E-state index is 13.4.